The van der Waals surface area contributed by atoms with Gasteiger partial charge in [0.15, 0.2) is 0 Å². The molecule has 1 aromatic heterocycles. The van der Waals surface area contributed by atoms with Gasteiger partial charge in [0.2, 0.25) is 0 Å². The van der Waals surface area contributed by atoms with Gasteiger partial charge in [0.25, 0.3) is 5.56 Å². The molecule has 1 fully saturated rings. The summed E-state index contributed by atoms with van der Waals surface area (Å²) in [4.78, 5) is 12.2. The lowest BCUT2D eigenvalue weighted by molar-refractivity contribution is 0.531. The third-order valence-electron chi connectivity index (χ3n) is 3.76. The standard InChI is InChI=1S/C15H24BrN3O/c1-3-4-5-6-11(2)18-13-9-17-19(10-12-7-8-12)15(20)14(13)16/h9,11-12,18H,3-8,10H2,1-2H3. The van der Waals surface area contributed by atoms with Crippen molar-refractivity contribution in [3.05, 3.63) is 21.0 Å². The second-order valence-electron chi connectivity index (χ2n) is 5.84. The van der Waals surface area contributed by atoms with Crippen molar-refractivity contribution < 1.29 is 0 Å². The summed E-state index contributed by atoms with van der Waals surface area (Å²) in [6.07, 6.45) is 9.04. The summed E-state index contributed by atoms with van der Waals surface area (Å²) in [6.45, 7) is 5.11. The Bertz CT molecular complexity index is 496. The highest BCUT2D eigenvalue weighted by molar-refractivity contribution is 9.10. The Morgan fingerprint density at radius 2 is 2.25 bits per heavy atom. The predicted octanol–water partition coefficient (Wildman–Crippen LogP) is 3.80. The van der Waals surface area contributed by atoms with Crippen molar-refractivity contribution in [3.8, 4) is 0 Å². The Hall–Kier alpha value is -0.840. The summed E-state index contributed by atoms with van der Waals surface area (Å²) < 4.78 is 2.18. The van der Waals surface area contributed by atoms with E-state index in [0.29, 0.717) is 16.4 Å². The topological polar surface area (TPSA) is 46.9 Å². The van der Waals surface area contributed by atoms with Crippen LogP contribution in [0, 0.1) is 5.92 Å². The van der Waals surface area contributed by atoms with E-state index in [0.717, 1.165) is 18.7 Å². The number of halogens is 1. The number of hydrogen-bond donors (Lipinski definition) is 1. The van der Waals surface area contributed by atoms with Crippen LogP contribution in [-0.4, -0.2) is 15.8 Å². The van der Waals surface area contributed by atoms with E-state index in [1.165, 1.54) is 32.1 Å². The van der Waals surface area contributed by atoms with Gasteiger partial charge in [-0.3, -0.25) is 4.79 Å². The van der Waals surface area contributed by atoms with Crippen molar-refractivity contribution >= 4 is 21.6 Å². The van der Waals surface area contributed by atoms with Crippen LogP contribution in [0.15, 0.2) is 15.5 Å². The van der Waals surface area contributed by atoms with E-state index in [9.17, 15) is 4.79 Å². The first-order chi connectivity index (χ1) is 9.61. The normalized spacial score (nSPS) is 16.1. The van der Waals surface area contributed by atoms with Crippen LogP contribution in [0.3, 0.4) is 0 Å². The zero-order valence-electron chi connectivity index (χ0n) is 12.4. The molecule has 1 saturated carbocycles. The van der Waals surface area contributed by atoms with Gasteiger partial charge in [-0.15, -0.1) is 0 Å². The van der Waals surface area contributed by atoms with Crippen LogP contribution in [0.2, 0.25) is 0 Å². The monoisotopic (exact) mass is 341 g/mol. The Morgan fingerprint density at radius 3 is 2.90 bits per heavy atom. The average Bonchev–Trinajstić information content (AvgIpc) is 3.23. The van der Waals surface area contributed by atoms with Crippen LogP contribution in [0.4, 0.5) is 5.69 Å². The summed E-state index contributed by atoms with van der Waals surface area (Å²) in [5, 5.41) is 7.66. The van der Waals surface area contributed by atoms with E-state index >= 15 is 0 Å². The summed E-state index contributed by atoms with van der Waals surface area (Å²) in [5.41, 5.74) is 0.786. The molecule has 0 bridgehead atoms. The third-order valence-corrected chi connectivity index (χ3v) is 4.52. The van der Waals surface area contributed by atoms with E-state index in [4.69, 9.17) is 0 Å². The van der Waals surface area contributed by atoms with Crippen LogP contribution < -0.4 is 10.9 Å². The second-order valence-corrected chi connectivity index (χ2v) is 6.64. The van der Waals surface area contributed by atoms with Gasteiger partial charge in [0, 0.05) is 12.6 Å². The first-order valence-corrected chi connectivity index (χ1v) is 8.43. The maximum Gasteiger partial charge on any atom is 0.283 e. The molecule has 1 aliphatic carbocycles. The van der Waals surface area contributed by atoms with E-state index in [1.54, 1.807) is 10.9 Å². The van der Waals surface area contributed by atoms with Crippen LogP contribution in [-0.2, 0) is 6.54 Å². The summed E-state index contributed by atoms with van der Waals surface area (Å²) in [6, 6.07) is 0.360. The van der Waals surface area contributed by atoms with Gasteiger partial charge in [-0.2, -0.15) is 5.10 Å². The number of rotatable bonds is 8. The van der Waals surface area contributed by atoms with Crippen LogP contribution in [0.5, 0.6) is 0 Å². The SMILES string of the molecule is CCCCCC(C)Nc1cnn(CC2CC2)c(=O)c1Br. The van der Waals surface area contributed by atoms with Gasteiger partial charge in [0.05, 0.1) is 11.9 Å². The smallest absolute Gasteiger partial charge is 0.283 e. The molecule has 0 radical (unpaired) electrons. The molecular weight excluding hydrogens is 318 g/mol. The molecule has 4 nitrogen and oxygen atoms in total. The molecule has 5 heteroatoms. The fourth-order valence-corrected chi connectivity index (χ4v) is 2.70. The van der Waals surface area contributed by atoms with Crippen LogP contribution in [0.25, 0.3) is 0 Å². The summed E-state index contributed by atoms with van der Waals surface area (Å²) in [5.74, 6) is 0.652. The van der Waals surface area contributed by atoms with Crippen molar-refractivity contribution in [3.63, 3.8) is 0 Å². The van der Waals surface area contributed by atoms with Gasteiger partial charge >= 0.3 is 0 Å². The highest BCUT2D eigenvalue weighted by Gasteiger charge is 2.23. The fourth-order valence-electron chi connectivity index (χ4n) is 2.28. The minimum Gasteiger partial charge on any atom is -0.380 e. The Balaban J connectivity index is 1.97. The molecule has 0 aliphatic heterocycles. The number of hydrogen-bond acceptors (Lipinski definition) is 3. The number of aromatic nitrogens is 2. The highest BCUT2D eigenvalue weighted by atomic mass is 79.9. The molecule has 2 rings (SSSR count). The van der Waals surface area contributed by atoms with E-state index in [2.05, 4.69) is 40.2 Å². The maximum absolute atomic E-state index is 12.2. The van der Waals surface area contributed by atoms with Crippen molar-refractivity contribution in [2.24, 2.45) is 5.92 Å². The molecule has 1 unspecified atom stereocenters. The predicted molar refractivity (Wildman–Crippen MR) is 86.1 cm³/mol. The Kier molecular flexibility index (Phi) is 5.64. The molecule has 112 valence electrons. The van der Waals surface area contributed by atoms with E-state index in [-0.39, 0.29) is 5.56 Å². The largest absolute Gasteiger partial charge is 0.380 e. The minimum atomic E-state index is -0.0253. The highest BCUT2D eigenvalue weighted by Crippen LogP contribution is 2.30. The molecular formula is C15H24BrN3O. The molecule has 1 heterocycles. The van der Waals surface area contributed by atoms with Gasteiger partial charge in [-0.05, 0) is 48.0 Å². The first kappa shape index (κ1) is 15.5. The lowest BCUT2D eigenvalue weighted by Crippen LogP contribution is -2.26. The van der Waals surface area contributed by atoms with Crippen molar-refractivity contribution in [1.29, 1.82) is 0 Å². The quantitative estimate of drug-likeness (QED) is 0.731. The lowest BCUT2D eigenvalue weighted by Gasteiger charge is -2.16. The summed E-state index contributed by atoms with van der Waals surface area (Å²) in [7, 11) is 0. The number of anilines is 1. The zero-order chi connectivity index (χ0) is 14.5. The molecule has 0 amide bonds. The molecule has 20 heavy (non-hydrogen) atoms. The number of unbranched alkanes of at least 4 members (excludes halogenated alkanes) is 2. The molecule has 1 aliphatic rings. The van der Waals surface area contributed by atoms with Crippen molar-refractivity contribution in [2.75, 3.05) is 5.32 Å². The van der Waals surface area contributed by atoms with Crippen LogP contribution in [0.1, 0.15) is 52.4 Å². The van der Waals surface area contributed by atoms with Gasteiger partial charge < -0.3 is 5.32 Å². The van der Waals surface area contributed by atoms with Gasteiger partial charge in [-0.1, -0.05) is 26.2 Å². The first-order valence-electron chi connectivity index (χ1n) is 7.64. The van der Waals surface area contributed by atoms with Crippen molar-refractivity contribution in [1.82, 2.24) is 9.78 Å². The fraction of sp³-hybridized carbons (Fsp3) is 0.733. The lowest BCUT2D eigenvalue weighted by atomic mass is 10.1. The van der Waals surface area contributed by atoms with Crippen LogP contribution >= 0.6 is 15.9 Å². The second kappa shape index (κ2) is 7.25. The van der Waals surface area contributed by atoms with Gasteiger partial charge in [0.1, 0.15) is 4.47 Å². The van der Waals surface area contributed by atoms with E-state index in [1.807, 2.05) is 0 Å². The van der Waals surface area contributed by atoms with E-state index < -0.39 is 0 Å². The molecule has 0 saturated heterocycles. The average molecular weight is 342 g/mol. The maximum atomic E-state index is 12.2. The minimum absolute atomic E-state index is 0.0253. The number of nitrogens with one attached hydrogen (secondary N) is 1. The Morgan fingerprint density at radius 1 is 1.50 bits per heavy atom. The van der Waals surface area contributed by atoms with Gasteiger partial charge in [-0.25, -0.2) is 4.68 Å². The molecule has 1 aromatic rings. The molecule has 1 atom stereocenters. The summed E-state index contributed by atoms with van der Waals surface area (Å²) >= 11 is 3.42. The molecule has 1 N–H and O–H groups in total. The molecule has 0 spiro atoms. The zero-order valence-corrected chi connectivity index (χ0v) is 13.9. The van der Waals surface area contributed by atoms with Crippen molar-refractivity contribution in [2.45, 2.75) is 65.0 Å². The molecule has 0 aromatic carbocycles. The third kappa shape index (κ3) is 4.33. The Labute approximate surface area is 129 Å². The number of nitrogens with zero attached hydrogens (tertiary/aromatic N) is 2.